The van der Waals surface area contributed by atoms with Gasteiger partial charge in [-0.25, -0.2) is 0 Å². The van der Waals surface area contributed by atoms with Gasteiger partial charge in [0.05, 0.1) is 0 Å². The van der Waals surface area contributed by atoms with Gasteiger partial charge in [-0.3, -0.25) is 0 Å². The number of hydrogen-bond donors (Lipinski definition) is 0. The summed E-state index contributed by atoms with van der Waals surface area (Å²) >= 11 is 1.84. The van der Waals surface area contributed by atoms with Crippen molar-refractivity contribution in [3.63, 3.8) is 0 Å². The van der Waals surface area contributed by atoms with Crippen LogP contribution in [0.5, 0.6) is 0 Å². The first-order valence-corrected chi connectivity index (χ1v) is 14.2. The van der Waals surface area contributed by atoms with E-state index in [9.17, 15) is 0 Å². The van der Waals surface area contributed by atoms with Gasteiger partial charge in [-0.15, -0.1) is 0 Å². The van der Waals surface area contributed by atoms with Gasteiger partial charge in [0.2, 0.25) is 5.52 Å². The van der Waals surface area contributed by atoms with E-state index in [0.717, 1.165) is 6.54 Å². The van der Waals surface area contributed by atoms with Crippen molar-refractivity contribution in [2.75, 3.05) is 0 Å². The molecule has 1 nitrogen and oxygen atoms in total. The summed E-state index contributed by atoms with van der Waals surface area (Å²) in [6.45, 7) is 3.16. The van der Waals surface area contributed by atoms with Gasteiger partial charge in [0.25, 0.3) is 5.01 Å². The Balaban J connectivity index is 1.45. The molecule has 0 atom stereocenters. The van der Waals surface area contributed by atoms with Crippen LogP contribution in [0.15, 0.2) is 140 Å². The molecule has 0 aliphatic rings. The SMILES string of the molecule is CC[n+]1c(/C=C/c2ccc(C(=C(c3ccccc3)c3ccccc3)c3ccccc3)cc2)sc2ccccc21. The van der Waals surface area contributed by atoms with E-state index < -0.39 is 0 Å². The van der Waals surface area contributed by atoms with E-state index in [1.54, 1.807) is 0 Å². The summed E-state index contributed by atoms with van der Waals surface area (Å²) in [6.07, 6.45) is 4.47. The van der Waals surface area contributed by atoms with Gasteiger partial charge in [-0.1, -0.05) is 139 Å². The number of thiazole rings is 1. The minimum atomic E-state index is 0.954. The highest BCUT2D eigenvalue weighted by Gasteiger charge is 2.17. The van der Waals surface area contributed by atoms with Crippen molar-refractivity contribution >= 4 is 44.9 Å². The summed E-state index contributed by atoms with van der Waals surface area (Å²) < 4.78 is 3.70. The van der Waals surface area contributed by atoms with Crippen LogP contribution in [0, 0.1) is 0 Å². The molecule has 0 saturated carbocycles. The van der Waals surface area contributed by atoms with Gasteiger partial charge in [-0.05, 0) is 58.0 Å². The quantitative estimate of drug-likeness (QED) is 0.146. The average molecular weight is 521 g/mol. The molecule has 0 bridgehead atoms. The molecule has 188 valence electrons. The van der Waals surface area contributed by atoms with Crippen molar-refractivity contribution in [1.29, 1.82) is 0 Å². The summed E-state index contributed by atoms with van der Waals surface area (Å²) in [7, 11) is 0. The van der Waals surface area contributed by atoms with Gasteiger partial charge in [0, 0.05) is 12.1 Å². The van der Waals surface area contributed by atoms with Crippen LogP contribution in [0.25, 0.3) is 33.5 Å². The first kappa shape index (κ1) is 24.8. The van der Waals surface area contributed by atoms with Crippen molar-refractivity contribution in [1.82, 2.24) is 0 Å². The standard InChI is InChI=1S/C37H30NS/c1-2-38-33-20-12-13-21-34(33)39-35(38)27-24-28-22-25-32(26-23-28)37(31-18-10-5-11-19-31)36(29-14-6-3-7-15-29)30-16-8-4-9-17-30/h3-27H,2H2,1H3/q+1/b27-24+. The number of hydrogen-bond acceptors (Lipinski definition) is 1. The van der Waals surface area contributed by atoms with Crippen LogP contribution < -0.4 is 4.57 Å². The Labute approximate surface area is 234 Å². The molecule has 0 unspecified atom stereocenters. The van der Waals surface area contributed by atoms with E-state index in [4.69, 9.17) is 0 Å². The summed E-state index contributed by atoms with van der Waals surface area (Å²) in [6, 6.07) is 49.8. The fraction of sp³-hybridized carbons (Fsp3) is 0.0541. The lowest BCUT2D eigenvalue weighted by Gasteiger charge is -2.18. The predicted molar refractivity (Wildman–Crippen MR) is 167 cm³/mol. The van der Waals surface area contributed by atoms with Gasteiger partial charge in [0.15, 0.2) is 0 Å². The highest BCUT2D eigenvalue weighted by atomic mass is 32.1. The van der Waals surface area contributed by atoms with E-state index in [-0.39, 0.29) is 0 Å². The summed E-state index contributed by atoms with van der Waals surface area (Å²) in [5.41, 5.74) is 9.78. The molecule has 0 radical (unpaired) electrons. The molecule has 0 aliphatic heterocycles. The Kier molecular flexibility index (Phi) is 7.29. The predicted octanol–water partition coefficient (Wildman–Crippen LogP) is 9.39. The smallest absolute Gasteiger partial charge is 0.182 e. The maximum atomic E-state index is 2.38. The lowest BCUT2D eigenvalue weighted by atomic mass is 9.85. The Morgan fingerprint density at radius 2 is 1.00 bits per heavy atom. The number of benzene rings is 5. The first-order valence-electron chi connectivity index (χ1n) is 13.4. The molecule has 0 N–H and O–H groups in total. The molecule has 0 aliphatic carbocycles. The maximum absolute atomic E-state index is 2.38. The Bertz CT molecular complexity index is 1700. The first-order chi connectivity index (χ1) is 19.3. The van der Waals surface area contributed by atoms with E-state index in [2.05, 4.69) is 163 Å². The van der Waals surface area contributed by atoms with Gasteiger partial charge < -0.3 is 0 Å². The fourth-order valence-corrected chi connectivity index (χ4v) is 6.29. The molecule has 6 rings (SSSR count). The zero-order valence-corrected chi connectivity index (χ0v) is 22.8. The molecule has 0 spiro atoms. The Morgan fingerprint density at radius 3 is 1.51 bits per heavy atom. The number of nitrogens with zero attached hydrogens (tertiary/aromatic N) is 1. The van der Waals surface area contributed by atoms with Crippen LogP contribution in [-0.4, -0.2) is 0 Å². The third kappa shape index (κ3) is 5.25. The molecule has 2 heteroatoms. The maximum Gasteiger partial charge on any atom is 0.262 e. The van der Waals surface area contributed by atoms with Crippen LogP contribution in [0.1, 0.15) is 39.7 Å². The van der Waals surface area contributed by atoms with Gasteiger partial charge in [0.1, 0.15) is 11.2 Å². The van der Waals surface area contributed by atoms with E-state index in [1.165, 1.54) is 54.2 Å². The third-order valence-electron chi connectivity index (χ3n) is 7.01. The zero-order chi connectivity index (χ0) is 26.4. The Hall–Kier alpha value is -4.53. The third-order valence-corrected chi connectivity index (χ3v) is 8.14. The molecule has 0 fully saturated rings. The topological polar surface area (TPSA) is 3.88 Å². The number of fused-ring (bicyclic) bond motifs is 1. The van der Waals surface area contributed by atoms with Crippen molar-refractivity contribution in [3.8, 4) is 0 Å². The molecule has 0 saturated heterocycles. The molecule has 0 amide bonds. The van der Waals surface area contributed by atoms with Crippen molar-refractivity contribution in [2.24, 2.45) is 0 Å². The number of para-hydroxylation sites is 1. The highest BCUT2D eigenvalue weighted by Crippen LogP contribution is 2.37. The Morgan fingerprint density at radius 1 is 0.538 bits per heavy atom. The minimum Gasteiger partial charge on any atom is -0.182 e. The molecule has 5 aromatic carbocycles. The fourth-order valence-electron chi connectivity index (χ4n) is 5.16. The molecule has 39 heavy (non-hydrogen) atoms. The second-order valence-electron chi connectivity index (χ2n) is 9.46. The minimum absolute atomic E-state index is 0.954. The van der Waals surface area contributed by atoms with E-state index in [1.807, 2.05) is 11.3 Å². The lowest BCUT2D eigenvalue weighted by Crippen LogP contribution is -2.33. The molecule has 6 aromatic rings. The lowest BCUT2D eigenvalue weighted by molar-refractivity contribution is -0.665. The molecule has 1 heterocycles. The summed E-state index contributed by atoms with van der Waals surface area (Å²) in [5, 5.41) is 1.27. The van der Waals surface area contributed by atoms with Crippen LogP contribution in [0.4, 0.5) is 0 Å². The number of rotatable bonds is 7. The second kappa shape index (κ2) is 11.5. The van der Waals surface area contributed by atoms with Crippen molar-refractivity contribution in [3.05, 3.63) is 172 Å². The van der Waals surface area contributed by atoms with E-state index in [0.29, 0.717) is 0 Å². The van der Waals surface area contributed by atoms with Gasteiger partial charge in [-0.2, -0.15) is 4.57 Å². The molecular formula is C37H30NS+. The second-order valence-corrected chi connectivity index (χ2v) is 10.5. The van der Waals surface area contributed by atoms with Crippen LogP contribution >= 0.6 is 11.3 Å². The highest BCUT2D eigenvalue weighted by molar-refractivity contribution is 7.18. The van der Waals surface area contributed by atoms with Crippen LogP contribution in [0.3, 0.4) is 0 Å². The van der Waals surface area contributed by atoms with Crippen LogP contribution in [-0.2, 0) is 6.54 Å². The molecule has 1 aromatic heterocycles. The normalized spacial score (nSPS) is 11.2. The van der Waals surface area contributed by atoms with Gasteiger partial charge >= 0.3 is 0 Å². The van der Waals surface area contributed by atoms with Crippen molar-refractivity contribution < 1.29 is 4.57 Å². The number of aryl methyl sites for hydroxylation is 1. The average Bonchev–Trinajstić information content (AvgIpc) is 3.38. The monoisotopic (exact) mass is 520 g/mol. The van der Waals surface area contributed by atoms with E-state index >= 15 is 0 Å². The summed E-state index contributed by atoms with van der Waals surface area (Å²) in [5.74, 6) is 0. The van der Waals surface area contributed by atoms with Crippen LogP contribution in [0.2, 0.25) is 0 Å². The summed E-state index contributed by atoms with van der Waals surface area (Å²) in [4.78, 5) is 0. The largest absolute Gasteiger partial charge is 0.262 e. The van der Waals surface area contributed by atoms with Crippen molar-refractivity contribution in [2.45, 2.75) is 13.5 Å². The molecular weight excluding hydrogens is 490 g/mol. The number of aromatic nitrogens is 1. The zero-order valence-electron chi connectivity index (χ0n) is 22.0.